The SMILES string of the molecule is CC(C)C(=O)Nc1cncc(-c2ncc3[nH]nc(-c4nc5c(-c6ccc(F)cc6)nccc5[nH]4)c3c2F)c1. The Morgan fingerprint density at radius 1 is 0.921 bits per heavy atom. The quantitative estimate of drug-likeness (QED) is 0.281. The summed E-state index contributed by atoms with van der Waals surface area (Å²) in [7, 11) is 0. The molecule has 5 aromatic heterocycles. The molecule has 0 saturated carbocycles. The van der Waals surface area contributed by atoms with Gasteiger partial charge in [0.05, 0.1) is 40.2 Å². The van der Waals surface area contributed by atoms with Gasteiger partial charge in [-0.25, -0.2) is 13.8 Å². The summed E-state index contributed by atoms with van der Waals surface area (Å²) in [6.45, 7) is 3.55. The zero-order valence-corrected chi connectivity index (χ0v) is 20.3. The first-order valence-electron chi connectivity index (χ1n) is 11.8. The van der Waals surface area contributed by atoms with Crippen molar-refractivity contribution in [2.45, 2.75) is 13.8 Å². The molecule has 3 N–H and O–H groups in total. The molecule has 0 unspecified atom stereocenters. The lowest BCUT2D eigenvalue weighted by molar-refractivity contribution is -0.118. The second kappa shape index (κ2) is 9.11. The first-order valence-corrected chi connectivity index (χ1v) is 11.8. The van der Waals surface area contributed by atoms with Crippen LogP contribution in [0.25, 0.3) is 56.0 Å². The number of carbonyl (C=O) groups excluding carboxylic acids is 1. The summed E-state index contributed by atoms with van der Waals surface area (Å²) < 4.78 is 29.4. The molecule has 0 atom stereocenters. The fourth-order valence-electron chi connectivity index (χ4n) is 4.14. The van der Waals surface area contributed by atoms with Gasteiger partial charge in [-0.1, -0.05) is 13.8 Å². The molecular formula is C27H20F2N8O. The van der Waals surface area contributed by atoms with Crippen LogP contribution in [-0.4, -0.2) is 41.0 Å². The molecule has 0 radical (unpaired) electrons. The van der Waals surface area contributed by atoms with Gasteiger partial charge in [-0.3, -0.25) is 24.8 Å². The summed E-state index contributed by atoms with van der Waals surface area (Å²) in [5.41, 5.74) is 3.98. The zero-order chi connectivity index (χ0) is 26.4. The highest BCUT2D eigenvalue weighted by atomic mass is 19.1. The Morgan fingerprint density at radius 3 is 2.53 bits per heavy atom. The number of benzene rings is 1. The predicted molar refractivity (Wildman–Crippen MR) is 139 cm³/mol. The van der Waals surface area contributed by atoms with Crippen molar-refractivity contribution >= 4 is 33.5 Å². The topological polar surface area (TPSA) is 125 Å². The number of nitrogens with zero attached hydrogens (tertiary/aromatic N) is 5. The molecule has 6 rings (SSSR count). The smallest absolute Gasteiger partial charge is 0.226 e. The number of fused-ring (bicyclic) bond motifs is 2. The van der Waals surface area contributed by atoms with Crippen LogP contribution < -0.4 is 5.32 Å². The first-order chi connectivity index (χ1) is 18.4. The number of halogens is 2. The monoisotopic (exact) mass is 510 g/mol. The van der Waals surface area contributed by atoms with E-state index >= 15 is 4.39 Å². The molecule has 0 aliphatic heterocycles. The van der Waals surface area contributed by atoms with Crippen LogP contribution in [0.3, 0.4) is 0 Å². The number of imidazole rings is 1. The van der Waals surface area contributed by atoms with Gasteiger partial charge in [-0.2, -0.15) is 5.10 Å². The van der Waals surface area contributed by atoms with E-state index in [2.05, 4.69) is 40.4 Å². The molecule has 6 aromatic rings. The molecule has 0 bridgehead atoms. The molecule has 9 nitrogen and oxygen atoms in total. The lowest BCUT2D eigenvalue weighted by Gasteiger charge is -2.09. The molecule has 1 amide bonds. The van der Waals surface area contributed by atoms with Crippen molar-refractivity contribution in [2.24, 2.45) is 5.92 Å². The fourth-order valence-corrected chi connectivity index (χ4v) is 4.14. The van der Waals surface area contributed by atoms with E-state index in [9.17, 15) is 9.18 Å². The van der Waals surface area contributed by atoms with Gasteiger partial charge in [0.15, 0.2) is 11.6 Å². The maximum Gasteiger partial charge on any atom is 0.226 e. The third kappa shape index (κ3) is 4.03. The second-order valence-corrected chi connectivity index (χ2v) is 9.04. The van der Waals surface area contributed by atoms with E-state index in [-0.39, 0.29) is 34.4 Å². The van der Waals surface area contributed by atoms with Crippen LogP contribution >= 0.6 is 0 Å². The maximum atomic E-state index is 16.0. The van der Waals surface area contributed by atoms with Crippen molar-refractivity contribution in [3.8, 4) is 34.0 Å². The van der Waals surface area contributed by atoms with Crippen LogP contribution in [0.1, 0.15) is 13.8 Å². The minimum absolute atomic E-state index is 0.0538. The number of amides is 1. The van der Waals surface area contributed by atoms with Crippen molar-refractivity contribution in [3.05, 3.63) is 72.8 Å². The number of aromatic amines is 2. The molecule has 0 saturated heterocycles. The summed E-state index contributed by atoms with van der Waals surface area (Å²) >= 11 is 0. The van der Waals surface area contributed by atoms with Crippen LogP contribution in [0, 0.1) is 17.6 Å². The third-order valence-electron chi connectivity index (χ3n) is 6.09. The van der Waals surface area contributed by atoms with Crippen LogP contribution in [-0.2, 0) is 4.79 Å². The van der Waals surface area contributed by atoms with Crippen molar-refractivity contribution in [2.75, 3.05) is 5.32 Å². The van der Waals surface area contributed by atoms with Gasteiger partial charge in [0.2, 0.25) is 5.91 Å². The summed E-state index contributed by atoms with van der Waals surface area (Å²) in [6.07, 6.45) is 6.07. The van der Waals surface area contributed by atoms with E-state index in [4.69, 9.17) is 0 Å². The van der Waals surface area contributed by atoms with Crippen LogP contribution in [0.5, 0.6) is 0 Å². The summed E-state index contributed by atoms with van der Waals surface area (Å²) in [5, 5.41) is 10.1. The Bertz CT molecular complexity index is 1830. The van der Waals surface area contributed by atoms with Crippen molar-refractivity contribution < 1.29 is 13.6 Å². The van der Waals surface area contributed by atoms with Gasteiger partial charge in [0, 0.05) is 29.4 Å². The minimum atomic E-state index is -0.613. The summed E-state index contributed by atoms with van der Waals surface area (Å²) in [5.74, 6) is -1.03. The zero-order valence-electron chi connectivity index (χ0n) is 20.3. The number of hydrogen-bond acceptors (Lipinski definition) is 6. The highest BCUT2D eigenvalue weighted by Gasteiger charge is 2.22. The summed E-state index contributed by atoms with van der Waals surface area (Å²) in [4.78, 5) is 32.8. The molecule has 11 heteroatoms. The Labute approximate surface area is 214 Å². The van der Waals surface area contributed by atoms with Gasteiger partial charge in [0.25, 0.3) is 0 Å². The number of rotatable bonds is 5. The lowest BCUT2D eigenvalue weighted by Crippen LogP contribution is -2.17. The molecule has 0 spiro atoms. The van der Waals surface area contributed by atoms with Gasteiger partial charge >= 0.3 is 0 Å². The van der Waals surface area contributed by atoms with Crippen LogP contribution in [0.2, 0.25) is 0 Å². The van der Waals surface area contributed by atoms with Crippen molar-refractivity contribution in [1.29, 1.82) is 0 Å². The standard InChI is InChI=1S/C27H20F2N8O/c1-13(2)27(38)33-17-9-15(10-30-11-17)22-21(29)20-19(12-32-22)36-37-25(20)26-34-18-7-8-31-23(24(18)35-26)14-3-5-16(28)6-4-14/h3-13H,1-2H3,(H,33,38)(H,34,35)(H,36,37). The number of aromatic nitrogens is 7. The van der Waals surface area contributed by atoms with Crippen LogP contribution in [0.4, 0.5) is 14.5 Å². The van der Waals surface area contributed by atoms with Crippen molar-refractivity contribution in [1.82, 2.24) is 35.1 Å². The Morgan fingerprint density at radius 2 is 1.74 bits per heavy atom. The maximum absolute atomic E-state index is 16.0. The highest BCUT2D eigenvalue weighted by molar-refractivity contribution is 5.97. The average molecular weight is 511 g/mol. The Balaban J connectivity index is 1.45. The number of H-pyrrole nitrogens is 2. The molecule has 1 aromatic carbocycles. The molecule has 0 aliphatic carbocycles. The average Bonchev–Trinajstić information content (AvgIpc) is 3.54. The van der Waals surface area contributed by atoms with E-state index in [1.54, 1.807) is 44.3 Å². The van der Waals surface area contributed by atoms with Gasteiger partial charge in [0.1, 0.15) is 22.7 Å². The van der Waals surface area contributed by atoms with Gasteiger partial charge in [-0.15, -0.1) is 0 Å². The van der Waals surface area contributed by atoms with Gasteiger partial charge in [-0.05, 0) is 36.4 Å². The van der Waals surface area contributed by atoms with E-state index < -0.39 is 5.82 Å². The van der Waals surface area contributed by atoms with Gasteiger partial charge < -0.3 is 10.3 Å². The second-order valence-electron chi connectivity index (χ2n) is 9.04. The largest absolute Gasteiger partial charge is 0.336 e. The van der Waals surface area contributed by atoms with E-state index in [1.807, 2.05) is 0 Å². The minimum Gasteiger partial charge on any atom is -0.336 e. The van der Waals surface area contributed by atoms with Crippen LogP contribution in [0.15, 0.2) is 61.2 Å². The predicted octanol–water partition coefficient (Wildman–Crippen LogP) is 5.50. The summed E-state index contributed by atoms with van der Waals surface area (Å²) in [6, 6.07) is 9.32. The molecule has 38 heavy (non-hydrogen) atoms. The number of anilines is 1. The number of carbonyl (C=O) groups is 1. The third-order valence-corrected chi connectivity index (χ3v) is 6.09. The lowest BCUT2D eigenvalue weighted by atomic mass is 10.1. The highest BCUT2D eigenvalue weighted by Crippen LogP contribution is 2.34. The Hall–Kier alpha value is -5.06. The molecule has 5 heterocycles. The molecule has 188 valence electrons. The number of hydrogen-bond donors (Lipinski definition) is 3. The molecule has 0 aliphatic rings. The van der Waals surface area contributed by atoms with E-state index in [1.165, 1.54) is 30.7 Å². The normalized spacial score (nSPS) is 11.5. The molecule has 0 fully saturated rings. The Kier molecular flexibility index (Phi) is 5.60. The number of nitrogens with one attached hydrogen (secondary N) is 3. The first kappa shape index (κ1) is 23.3. The van der Waals surface area contributed by atoms with E-state index in [0.717, 1.165) is 0 Å². The van der Waals surface area contributed by atoms with E-state index in [0.29, 0.717) is 44.9 Å². The number of pyridine rings is 3. The molecular weight excluding hydrogens is 490 g/mol. The van der Waals surface area contributed by atoms with Crippen molar-refractivity contribution in [3.63, 3.8) is 0 Å². The fraction of sp³-hybridized carbons (Fsp3) is 0.111.